The van der Waals surface area contributed by atoms with Crippen molar-refractivity contribution in [2.75, 3.05) is 13.1 Å². The van der Waals surface area contributed by atoms with Crippen molar-refractivity contribution in [2.24, 2.45) is 7.05 Å². The molecule has 0 bridgehead atoms. The van der Waals surface area contributed by atoms with Gasteiger partial charge in [-0.3, -0.25) is 19.2 Å². The summed E-state index contributed by atoms with van der Waals surface area (Å²) >= 11 is 6.31. The molecule has 2 rings (SSSR count). The molecule has 1 atom stereocenters. The van der Waals surface area contributed by atoms with Crippen molar-refractivity contribution < 1.29 is 14.7 Å². The van der Waals surface area contributed by atoms with Gasteiger partial charge in [-0.1, -0.05) is 18.5 Å². The Morgan fingerprint density at radius 1 is 1.57 bits per heavy atom. The van der Waals surface area contributed by atoms with E-state index in [-0.39, 0.29) is 12.3 Å². The van der Waals surface area contributed by atoms with E-state index < -0.39 is 12.0 Å². The minimum Gasteiger partial charge on any atom is -0.481 e. The summed E-state index contributed by atoms with van der Waals surface area (Å²) in [5, 5.41) is 16.6. The Balaban J connectivity index is 2.21. The molecule has 7 nitrogen and oxygen atoms in total. The fourth-order valence-corrected chi connectivity index (χ4v) is 2.88. The smallest absolute Gasteiger partial charge is 0.305 e. The number of carbonyl (C=O) groups is 2. The summed E-state index contributed by atoms with van der Waals surface area (Å²) in [6, 6.07) is -0.674. The highest BCUT2D eigenvalue weighted by Crippen LogP contribution is 2.24. The van der Waals surface area contributed by atoms with Gasteiger partial charge in [-0.05, 0) is 6.42 Å². The van der Waals surface area contributed by atoms with Gasteiger partial charge in [0.15, 0.2) is 0 Å². The van der Waals surface area contributed by atoms with Crippen LogP contribution in [0.1, 0.15) is 24.7 Å². The van der Waals surface area contributed by atoms with E-state index in [1.807, 2.05) is 11.8 Å². The van der Waals surface area contributed by atoms with E-state index in [0.29, 0.717) is 24.7 Å². The molecule has 0 radical (unpaired) electrons. The second-order valence-electron chi connectivity index (χ2n) is 5.06. The molecule has 1 amide bonds. The third-order valence-electron chi connectivity index (χ3n) is 3.67. The highest BCUT2D eigenvalue weighted by Gasteiger charge is 2.32. The van der Waals surface area contributed by atoms with Crippen molar-refractivity contribution >= 4 is 23.5 Å². The van der Waals surface area contributed by atoms with Gasteiger partial charge in [0, 0.05) is 26.7 Å². The van der Waals surface area contributed by atoms with Crippen molar-refractivity contribution in [3.63, 3.8) is 0 Å². The molecule has 0 aromatic carbocycles. The summed E-state index contributed by atoms with van der Waals surface area (Å²) < 4.78 is 1.70. The molecule has 2 N–H and O–H groups in total. The average Bonchev–Trinajstić information content (AvgIpc) is 2.69. The zero-order valence-electron chi connectivity index (χ0n) is 12.1. The highest BCUT2D eigenvalue weighted by molar-refractivity contribution is 6.31. The van der Waals surface area contributed by atoms with Gasteiger partial charge in [-0.15, -0.1) is 0 Å². The minimum absolute atomic E-state index is 0.220. The second-order valence-corrected chi connectivity index (χ2v) is 5.44. The van der Waals surface area contributed by atoms with Gasteiger partial charge in [0.25, 0.3) is 0 Å². The van der Waals surface area contributed by atoms with Crippen molar-refractivity contribution in [1.82, 2.24) is 20.0 Å². The van der Waals surface area contributed by atoms with Gasteiger partial charge in [-0.25, -0.2) is 0 Å². The summed E-state index contributed by atoms with van der Waals surface area (Å²) in [6.45, 7) is 3.48. The first-order valence-corrected chi connectivity index (χ1v) is 7.25. The predicted molar refractivity (Wildman–Crippen MR) is 77.1 cm³/mol. The zero-order valence-corrected chi connectivity index (χ0v) is 12.9. The number of carboxylic acids is 1. The lowest BCUT2D eigenvalue weighted by Gasteiger charge is -2.34. The van der Waals surface area contributed by atoms with Gasteiger partial charge in [0.1, 0.15) is 6.04 Å². The van der Waals surface area contributed by atoms with Crippen LogP contribution in [0.25, 0.3) is 0 Å². The van der Waals surface area contributed by atoms with Gasteiger partial charge in [0.2, 0.25) is 5.91 Å². The van der Waals surface area contributed by atoms with Gasteiger partial charge in [-0.2, -0.15) is 5.10 Å². The van der Waals surface area contributed by atoms with Gasteiger partial charge in [0.05, 0.1) is 22.8 Å². The third kappa shape index (κ3) is 3.36. The molecule has 0 aliphatic carbocycles. The van der Waals surface area contributed by atoms with Gasteiger partial charge < -0.3 is 10.4 Å². The number of aromatic nitrogens is 2. The van der Waals surface area contributed by atoms with Crippen LogP contribution in [0, 0.1) is 0 Å². The lowest BCUT2D eigenvalue weighted by Crippen LogP contribution is -2.55. The summed E-state index contributed by atoms with van der Waals surface area (Å²) in [5.41, 5.74) is 1.61. The fraction of sp³-hybridized carbons (Fsp3) is 0.615. The molecule has 1 fully saturated rings. The zero-order chi connectivity index (χ0) is 15.6. The highest BCUT2D eigenvalue weighted by atomic mass is 35.5. The van der Waals surface area contributed by atoms with Crippen LogP contribution in [0.3, 0.4) is 0 Å². The van der Waals surface area contributed by atoms with E-state index in [2.05, 4.69) is 10.4 Å². The van der Waals surface area contributed by atoms with Crippen LogP contribution in [0.2, 0.25) is 5.02 Å². The number of aliphatic carboxylic acids is 1. The summed E-state index contributed by atoms with van der Waals surface area (Å²) in [6.07, 6.45) is 0.508. The summed E-state index contributed by atoms with van der Waals surface area (Å²) in [7, 11) is 1.80. The first-order chi connectivity index (χ1) is 9.93. The van der Waals surface area contributed by atoms with Crippen LogP contribution in [0.5, 0.6) is 0 Å². The molecule has 1 unspecified atom stereocenters. The van der Waals surface area contributed by atoms with Crippen LogP contribution in [0.4, 0.5) is 0 Å². The Labute approximate surface area is 127 Å². The van der Waals surface area contributed by atoms with E-state index in [0.717, 1.165) is 17.8 Å². The molecular formula is C13H19ClN4O3. The Morgan fingerprint density at radius 3 is 2.86 bits per heavy atom. The number of rotatable bonds is 5. The molecule has 0 spiro atoms. The van der Waals surface area contributed by atoms with Crippen LogP contribution in [-0.4, -0.2) is 50.8 Å². The third-order valence-corrected chi connectivity index (χ3v) is 4.10. The number of nitrogens with zero attached hydrogens (tertiary/aromatic N) is 3. The van der Waals surface area contributed by atoms with Crippen LogP contribution in [-0.2, 0) is 29.6 Å². The SMILES string of the molecule is CCc1nn(C)c(CN2CCNC(=O)C2CC(=O)O)c1Cl. The number of hydrogen-bond acceptors (Lipinski definition) is 4. The number of halogens is 1. The topological polar surface area (TPSA) is 87.5 Å². The fourth-order valence-electron chi connectivity index (χ4n) is 2.52. The Kier molecular flexibility index (Phi) is 4.84. The van der Waals surface area contributed by atoms with Crippen molar-refractivity contribution in [2.45, 2.75) is 32.4 Å². The maximum Gasteiger partial charge on any atom is 0.305 e. The number of hydrogen-bond donors (Lipinski definition) is 2. The largest absolute Gasteiger partial charge is 0.481 e. The van der Waals surface area contributed by atoms with Crippen LogP contribution >= 0.6 is 11.6 Å². The van der Waals surface area contributed by atoms with E-state index >= 15 is 0 Å². The molecular weight excluding hydrogens is 296 g/mol. The van der Waals surface area contributed by atoms with Crippen molar-refractivity contribution in [1.29, 1.82) is 0 Å². The Bertz CT molecular complexity index is 558. The quantitative estimate of drug-likeness (QED) is 0.822. The van der Waals surface area contributed by atoms with Gasteiger partial charge >= 0.3 is 5.97 Å². The predicted octanol–water partition coefficient (Wildman–Crippen LogP) is 0.411. The summed E-state index contributed by atoms with van der Waals surface area (Å²) in [4.78, 5) is 24.7. The molecule has 1 aromatic heterocycles. The molecule has 1 aromatic rings. The van der Waals surface area contributed by atoms with Crippen LogP contribution in [0.15, 0.2) is 0 Å². The number of aryl methyl sites for hydroxylation is 2. The van der Waals surface area contributed by atoms with Crippen LogP contribution < -0.4 is 5.32 Å². The summed E-state index contributed by atoms with van der Waals surface area (Å²) in [5.74, 6) is -1.25. The number of piperazine rings is 1. The first kappa shape index (κ1) is 15.8. The number of carbonyl (C=O) groups excluding carboxylic acids is 1. The standard InChI is InChI=1S/C13H19ClN4O3/c1-3-8-12(14)10(17(2)16-8)7-18-5-4-15-13(21)9(18)6-11(19)20/h9H,3-7H2,1-2H3,(H,15,21)(H,19,20). The second kappa shape index (κ2) is 6.44. The normalized spacial score (nSPS) is 19.6. The first-order valence-electron chi connectivity index (χ1n) is 6.87. The maximum absolute atomic E-state index is 11.9. The molecule has 1 saturated heterocycles. The monoisotopic (exact) mass is 314 g/mol. The molecule has 8 heteroatoms. The van der Waals surface area contributed by atoms with Crippen molar-refractivity contribution in [3.05, 3.63) is 16.4 Å². The number of nitrogens with one attached hydrogen (secondary N) is 1. The maximum atomic E-state index is 11.9. The molecule has 2 heterocycles. The van der Waals surface area contributed by atoms with E-state index in [1.54, 1.807) is 11.7 Å². The molecule has 1 aliphatic rings. The number of amides is 1. The van der Waals surface area contributed by atoms with Crippen molar-refractivity contribution in [3.8, 4) is 0 Å². The van der Waals surface area contributed by atoms with E-state index in [1.165, 1.54) is 0 Å². The molecule has 21 heavy (non-hydrogen) atoms. The Morgan fingerprint density at radius 2 is 2.29 bits per heavy atom. The lowest BCUT2D eigenvalue weighted by molar-refractivity contribution is -0.143. The molecule has 0 saturated carbocycles. The van der Waals surface area contributed by atoms with E-state index in [4.69, 9.17) is 16.7 Å². The van der Waals surface area contributed by atoms with E-state index in [9.17, 15) is 9.59 Å². The number of carboxylic acid groups (broad SMARTS) is 1. The molecule has 1 aliphatic heterocycles. The minimum atomic E-state index is -0.993. The average molecular weight is 315 g/mol. The molecule has 116 valence electrons. The lowest BCUT2D eigenvalue weighted by atomic mass is 10.1. The Hall–Kier alpha value is -1.60.